The first-order valence-corrected chi connectivity index (χ1v) is 7.98. The number of nitrogens with zero attached hydrogens (tertiary/aromatic N) is 3. The van der Waals surface area contributed by atoms with Crippen LogP contribution in [-0.2, 0) is 0 Å². The summed E-state index contributed by atoms with van der Waals surface area (Å²) in [6.07, 6.45) is -0.209. The lowest BCUT2D eigenvalue weighted by atomic mass is 10.2. The molecule has 3 aromatic rings. The zero-order valence-electron chi connectivity index (χ0n) is 14.3. The van der Waals surface area contributed by atoms with Gasteiger partial charge in [-0.2, -0.15) is 9.97 Å². The highest BCUT2D eigenvalue weighted by Gasteiger charge is 2.22. The van der Waals surface area contributed by atoms with Crippen LogP contribution in [0.3, 0.4) is 0 Å². The van der Waals surface area contributed by atoms with Crippen LogP contribution in [0.1, 0.15) is 11.8 Å². The minimum atomic E-state index is -0.209. The number of fused-ring (bicyclic) bond motifs is 1. The molecule has 8 heteroatoms. The molecule has 0 spiro atoms. The van der Waals surface area contributed by atoms with Gasteiger partial charge >= 0.3 is 12.0 Å². The molecule has 8 nitrogen and oxygen atoms in total. The number of methoxy groups -OCH3 is 2. The Kier molecular flexibility index (Phi) is 4.14. The Morgan fingerprint density at radius 1 is 0.923 bits per heavy atom. The Hall–Kier alpha value is -3.55. The zero-order chi connectivity index (χ0) is 17.9. The standard InChI is InChI=1S/C18H17N5O3/c1-24-17-21-16(22-18(23-17)25-2)19-12-9-7-11(8-10-12)15-20-13-5-3-4-6-14(13)26-15/h3-10,15,20H,1-2H3,(H,19,21,22,23)/t15-/m1/s1. The van der Waals surface area contributed by atoms with Crippen molar-refractivity contribution in [3.8, 4) is 17.8 Å². The molecule has 1 aliphatic heterocycles. The van der Waals surface area contributed by atoms with Crippen LogP contribution in [0.25, 0.3) is 0 Å². The second kappa shape index (κ2) is 6.75. The molecule has 0 fully saturated rings. The summed E-state index contributed by atoms with van der Waals surface area (Å²) in [5.41, 5.74) is 2.82. The van der Waals surface area contributed by atoms with E-state index in [0.717, 1.165) is 22.7 Å². The third kappa shape index (κ3) is 3.16. The van der Waals surface area contributed by atoms with Crippen molar-refractivity contribution in [1.29, 1.82) is 0 Å². The van der Waals surface area contributed by atoms with Crippen LogP contribution in [0.2, 0.25) is 0 Å². The molecule has 4 rings (SSSR count). The highest BCUT2D eigenvalue weighted by atomic mass is 16.5. The number of anilines is 3. The number of rotatable bonds is 5. The molecule has 0 unspecified atom stereocenters. The highest BCUT2D eigenvalue weighted by molar-refractivity contribution is 5.61. The second-order valence-corrected chi connectivity index (χ2v) is 5.52. The van der Waals surface area contributed by atoms with Gasteiger partial charge in [-0.1, -0.05) is 24.3 Å². The van der Waals surface area contributed by atoms with Crippen molar-refractivity contribution in [3.05, 3.63) is 54.1 Å². The van der Waals surface area contributed by atoms with Gasteiger partial charge in [0, 0.05) is 11.3 Å². The van der Waals surface area contributed by atoms with Crippen LogP contribution in [0.4, 0.5) is 17.3 Å². The van der Waals surface area contributed by atoms with Gasteiger partial charge in [0.15, 0.2) is 6.23 Å². The van der Waals surface area contributed by atoms with E-state index in [1.807, 2.05) is 48.5 Å². The smallest absolute Gasteiger partial charge is 0.324 e. The number of hydrogen-bond acceptors (Lipinski definition) is 8. The number of para-hydroxylation sites is 2. The average Bonchev–Trinajstić information content (AvgIpc) is 3.12. The van der Waals surface area contributed by atoms with Gasteiger partial charge in [0.2, 0.25) is 5.95 Å². The molecule has 1 aromatic heterocycles. The summed E-state index contributed by atoms with van der Waals surface area (Å²) in [7, 11) is 2.97. The van der Waals surface area contributed by atoms with E-state index in [9.17, 15) is 0 Å². The minimum Gasteiger partial charge on any atom is -0.467 e. The maximum Gasteiger partial charge on any atom is 0.324 e. The summed E-state index contributed by atoms with van der Waals surface area (Å²) in [5, 5.41) is 6.45. The predicted octanol–water partition coefficient (Wildman–Crippen LogP) is 3.14. The molecule has 0 saturated carbocycles. The highest BCUT2D eigenvalue weighted by Crippen LogP contribution is 2.37. The zero-order valence-corrected chi connectivity index (χ0v) is 14.3. The van der Waals surface area contributed by atoms with Gasteiger partial charge < -0.3 is 24.8 Å². The number of nitrogens with one attached hydrogen (secondary N) is 2. The molecule has 26 heavy (non-hydrogen) atoms. The van der Waals surface area contributed by atoms with Gasteiger partial charge in [0.1, 0.15) is 5.75 Å². The van der Waals surface area contributed by atoms with Gasteiger partial charge in [-0.05, 0) is 24.3 Å². The summed E-state index contributed by atoms with van der Waals surface area (Å²) in [4.78, 5) is 12.3. The molecule has 2 heterocycles. The Morgan fingerprint density at radius 2 is 1.62 bits per heavy atom. The van der Waals surface area contributed by atoms with Gasteiger partial charge in [0.25, 0.3) is 0 Å². The van der Waals surface area contributed by atoms with Gasteiger partial charge in [-0.3, -0.25) is 0 Å². The van der Waals surface area contributed by atoms with Crippen molar-refractivity contribution in [2.24, 2.45) is 0 Å². The van der Waals surface area contributed by atoms with Crippen LogP contribution in [0.15, 0.2) is 48.5 Å². The Labute approximate surface area is 150 Å². The first kappa shape index (κ1) is 15.9. The van der Waals surface area contributed by atoms with Crippen molar-refractivity contribution in [1.82, 2.24) is 15.0 Å². The first-order valence-electron chi connectivity index (χ1n) is 7.98. The molecule has 2 N–H and O–H groups in total. The van der Waals surface area contributed by atoms with E-state index in [1.165, 1.54) is 14.2 Å². The number of aromatic nitrogens is 3. The van der Waals surface area contributed by atoms with E-state index >= 15 is 0 Å². The molecule has 0 bridgehead atoms. The molecular weight excluding hydrogens is 334 g/mol. The number of ether oxygens (including phenoxy) is 3. The molecule has 0 saturated heterocycles. The van der Waals surface area contributed by atoms with Crippen LogP contribution >= 0.6 is 0 Å². The monoisotopic (exact) mass is 351 g/mol. The second-order valence-electron chi connectivity index (χ2n) is 5.52. The quantitative estimate of drug-likeness (QED) is 0.724. The SMILES string of the molecule is COc1nc(Nc2ccc([C@@H]3Nc4ccccc4O3)cc2)nc(OC)n1. The van der Waals surface area contributed by atoms with E-state index in [-0.39, 0.29) is 18.2 Å². The molecule has 0 amide bonds. The van der Waals surface area contributed by atoms with E-state index in [0.29, 0.717) is 5.95 Å². The van der Waals surface area contributed by atoms with Crippen LogP contribution in [0.5, 0.6) is 17.8 Å². The van der Waals surface area contributed by atoms with E-state index in [2.05, 4.69) is 25.6 Å². The lowest BCUT2D eigenvalue weighted by Gasteiger charge is -2.13. The fraction of sp³-hybridized carbons (Fsp3) is 0.167. The normalized spacial score (nSPS) is 14.8. The van der Waals surface area contributed by atoms with Crippen molar-refractivity contribution in [2.75, 3.05) is 24.9 Å². The van der Waals surface area contributed by atoms with E-state index in [1.54, 1.807) is 0 Å². The molecule has 2 aromatic carbocycles. The Bertz CT molecular complexity index is 870. The summed E-state index contributed by atoms with van der Waals surface area (Å²) in [5.74, 6) is 1.19. The first-order chi connectivity index (χ1) is 12.7. The summed E-state index contributed by atoms with van der Waals surface area (Å²) in [6, 6.07) is 16.0. The molecule has 0 aliphatic carbocycles. The predicted molar refractivity (Wildman–Crippen MR) is 96.1 cm³/mol. The fourth-order valence-electron chi connectivity index (χ4n) is 2.58. The van der Waals surface area contributed by atoms with Gasteiger partial charge in [-0.15, -0.1) is 4.98 Å². The maximum absolute atomic E-state index is 5.91. The van der Waals surface area contributed by atoms with Crippen molar-refractivity contribution < 1.29 is 14.2 Å². The van der Waals surface area contributed by atoms with Crippen LogP contribution < -0.4 is 24.8 Å². The van der Waals surface area contributed by atoms with Crippen LogP contribution in [0, 0.1) is 0 Å². The van der Waals surface area contributed by atoms with Gasteiger partial charge in [-0.25, -0.2) is 0 Å². The van der Waals surface area contributed by atoms with Gasteiger partial charge in [0.05, 0.1) is 19.9 Å². The lowest BCUT2D eigenvalue weighted by molar-refractivity contribution is 0.260. The third-order valence-electron chi connectivity index (χ3n) is 3.85. The Morgan fingerprint density at radius 3 is 2.27 bits per heavy atom. The minimum absolute atomic E-state index is 0.178. The largest absolute Gasteiger partial charge is 0.467 e. The topological polar surface area (TPSA) is 90.4 Å². The van der Waals surface area contributed by atoms with E-state index < -0.39 is 0 Å². The summed E-state index contributed by atoms with van der Waals surface area (Å²) in [6.45, 7) is 0. The van der Waals surface area contributed by atoms with Crippen LogP contribution in [-0.4, -0.2) is 29.2 Å². The molecule has 132 valence electrons. The van der Waals surface area contributed by atoms with E-state index in [4.69, 9.17) is 14.2 Å². The molecular formula is C18H17N5O3. The lowest BCUT2D eigenvalue weighted by Crippen LogP contribution is -2.10. The summed E-state index contributed by atoms with van der Waals surface area (Å²) < 4.78 is 16.0. The fourth-order valence-corrected chi connectivity index (χ4v) is 2.58. The van der Waals surface area contributed by atoms with Crippen molar-refractivity contribution >= 4 is 17.3 Å². The molecule has 1 atom stereocenters. The van der Waals surface area contributed by atoms with Crippen molar-refractivity contribution in [3.63, 3.8) is 0 Å². The number of hydrogen-bond donors (Lipinski definition) is 2. The van der Waals surface area contributed by atoms with Crippen molar-refractivity contribution in [2.45, 2.75) is 6.23 Å². The third-order valence-corrected chi connectivity index (χ3v) is 3.85. The Balaban J connectivity index is 1.49. The molecule has 1 aliphatic rings. The molecule has 0 radical (unpaired) electrons. The number of benzene rings is 2. The summed E-state index contributed by atoms with van der Waals surface area (Å²) >= 11 is 0. The average molecular weight is 351 g/mol. The maximum atomic E-state index is 5.91.